The monoisotopic (exact) mass is 254 g/mol. The van der Waals surface area contributed by atoms with Crippen molar-refractivity contribution in [1.29, 1.82) is 0 Å². The van der Waals surface area contributed by atoms with E-state index in [1.54, 1.807) is 16.4 Å². The summed E-state index contributed by atoms with van der Waals surface area (Å²) in [5.74, 6) is 1.79. The molecule has 0 radical (unpaired) electrons. The van der Waals surface area contributed by atoms with Crippen LogP contribution in [-0.4, -0.2) is 33.4 Å². The predicted octanol–water partition coefficient (Wildman–Crippen LogP) is 0.568. The van der Waals surface area contributed by atoms with Crippen LogP contribution in [-0.2, 0) is 11.8 Å². The maximum Gasteiger partial charge on any atom is 0.238 e. The molecule has 2 heterocycles. The highest BCUT2D eigenvalue weighted by Crippen LogP contribution is 2.16. The largest absolute Gasteiger partial charge is 0.348 e. The molecule has 0 aromatic carbocycles. The number of carbonyl (C=O) groups excluding carboxylic acids is 1. The second-order valence-corrected chi connectivity index (χ2v) is 5.38. The van der Waals surface area contributed by atoms with E-state index < -0.39 is 0 Å². The fourth-order valence-electron chi connectivity index (χ4n) is 2.00. The number of thioether (sulfide) groups is 1. The van der Waals surface area contributed by atoms with E-state index in [0.717, 1.165) is 22.9 Å². The van der Waals surface area contributed by atoms with Crippen LogP contribution in [0.25, 0.3) is 0 Å². The van der Waals surface area contributed by atoms with Crippen LogP contribution in [0, 0.1) is 6.92 Å². The molecule has 1 aromatic rings. The summed E-state index contributed by atoms with van der Waals surface area (Å²) in [5, 5.41) is 10.5. The first-order valence-electron chi connectivity index (χ1n) is 5.69. The third kappa shape index (κ3) is 2.81. The van der Waals surface area contributed by atoms with Crippen molar-refractivity contribution in [2.75, 3.05) is 11.6 Å². The Labute approximate surface area is 105 Å². The van der Waals surface area contributed by atoms with Crippen molar-refractivity contribution in [2.24, 2.45) is 7.05 Å². The first-order valence-corrected chi connectivity index (χ1v) is 6.85. The second-order valence-electron chi connectivity index (χ2n) is 4.35. The fraction of sp³-hybridized carbons (Fsp3) is 0.636. The molecule has 1 amide bonds. The van der Waals surface area contributed by atoms with Gasteiger partial charge in [0.2, 0.25) is 5.91 Å². The Hall–Kier alpha value is -1.01. The summed E-state index contributed by atoms with van der Waals surface area (Å²) in [6, 6.07) is -0.0528. The molecule has 2 atom stereocenters. The Morgan fingerprint density at radius 2 is 2.53 bits per heavy atom. The van der Waals surface area contributed by atoms with E-state index in [-0.39, 0.29) is 18.0 Å². The van der Waals surface area contributed by atoms with Crippen molar-refractivity contribution < 1.29 is 4.79 Å². The Kier molecular flexibility index (Phi) is 3.73. The van der Waals surface area contributed by atoms with Crippen molar-refractivity contribution in [1.82, 2.24) is 20.4 Å². The summed E-state index contributed by atoms with van der Waals surface area (Å²) in [5.41, 5.74) is 2.04. The molecule has 1 aromatic heterocycles. The van der Waals surface area contributed by atoms with Gasteiger partial charge in [-0.1, -0.05) is 0 Å². The molecule has 2 unspecified atom stereocenters. The van der Waals surface area contributed by atoms with Gasteiger partial charge in [0.1, 0.15) is 0 Å². The molecule has 1 aliphatic rings. The molecule has 94 valence electrons. The zero-order chi connectivity index (χ0) is 12.4. The van der Waals surface area contributed by atoms with Crippen LogP contribution >= 0.6 is 11.8 Å². The Morgan fingerprint density at radius 3 is 3.06 bits per heavy atom. The van der Waals surface area contributed by atoms with Crippen molar-refractivity contribution >= 4 is 17.7 Å². The highest BCUT2D eigenvalue weighted by Gasteiger charge is 2.24. The average Bonchev–Trinajstić information content (AvgIpc) is 2.87. The van der Waals surface area contributed by atoms with E-state index >= 15 is 0 Å². The number of nitrogens with one attached hydrogen (secondary N) is 2. The van der Waals surface area contributed by atoms with Gasteiger partial charge in [0.15, 0.2) is 0 Å². The first-order chi connectivity index (χ1) is 8.08. The summed E-state index contributed by atoms with van der Waals surface area (Å²) < 4.78 is 1.77. The molecule has 0 bridgehead atoms. The maximum atomic E-state index is 11.9. The minimum Gasteiger partial charge on any atom is -0.348 e. The Morgan fingerprint density at radius 1 is 1.76 bits per heavy atom. The molecule has 0 aliphatic carbocycles. The van der Waals surface area contributed by atoms with E-state index in [1.807, 2.05) is 27.1 Å². The maximum absolute atomic E-state index is 11.9. The third-order valence-corrected chi connectivity index (χ3v) is 3.85. The summed E-state index contributed by atoms with van der Waals surface area (Å²) in [7, 11) is 1.89. The minimum atomic E-state index is -0.0561. The van der Waals surface area contributed by atoms with Gasteiger partial charge in [-0.3, -0.25) is 14.8 Å². The van der Waals surface area contributed by atoms with Crippen LogP contribution < -0.4 is 10.6 Å². The standard InChI is InChI=1S/C11H18N4OS/c1-7(9-4-15(3)14-8(9)2)13-11(16)10-5-17-6-12-10/h4,7,10,12H,5-6H2,1-3H3,(H,13,16). The highest BCUT2D eigenvalue weighted by atomic mass is 32.2. The van der Waals surface area contributed by atoms with Crippen LogP contribution in [0.15, 0.2) is 6.20 Å². The molecule has 0 spiro atoms. The fourth-order valence-corrected chi connectivity index (χ4v) is 2.94. The van der Waals surface area contributed by atoms with Gasteiger partial charge in [0, 0.05) is 30.4 Å². The zero-order valence-electron chi connectivity index (χ0n) is 10.4. The molecule has 0 saturated carbocycles. The number of rotatable bonds is 3. The molecule has 1 fully saturated rings. The van der Waals surface area contributed by atoms with Crippen LogP contribution in [0.4, 0.5) is 0 Å². The van der Waals surface area contributed by atoms with E-state index in [4.69, 9.17) is 0 Å². The molecule has 6 heteroatoms. The van der Waals surface area contributed by atoms with Crippen LogP contribution in [0.2, 0.25) is 0 Å². The Balaban J connectivity index is 1.98. The summed E-state index contributed by atoms with van der Waals surface area (Å²) in [4.78, 5) is 11.9. The van der Waals surface area contributed by atoms with Gasteiger partial charge >= 0.3 is 0 Å². The van der Waals surface area contributed by atoms with Gasteiger partial charge in [0.05, 0.1) is 17.8 Å². The van der Waals surface area contributed by atoms with Crippen LogP contribution in [0.1, 0.15) is 24.2 Å². The average molecular weight is 254 g/mol. The second kappa shape index (κ2) is 5.10. The minimum absolute atomic E-state index is 0.00333. The van der Waals surface area contributed by atoms with Crippen molar-refractivity contribution in [3.05, 3.63) is 17.5 Å². The lowest BCUT2D eigenvalue weighted by molar-refractivity contribution is -0.123. The van der Waals surface area contributed by atoms with Crippen molar-refractivity contribution in [3.63, 3.8) is 0 Å². The molecule has 5 nitrogen and oxygen atoms in total. The van der Waals surface area contributed by atoms with Gasteiger partial charge in [-0.05, 0) is 13.8 Å². The first kappa shape index (κ1) is 12.4. The van der Waals surface area contributed by atoms with Crippen LogP contribution in [0.5, 0.6) is 0 Å². The molecule has 17 heavy (non-hydrogen) atoms. The number of nitrogens with zero attached hydrogens (tertiary/aromatic N) is 2. The SMILES string of the molecule is Cc1nn(C)cc1C(C)NC(=O)C1CSCN1. The lowest BCUT2D eigenvalue weighted by Gasteiger charge is -2.16. The number of aromatic nitrogens is 2. The summed E-state index contributed by atoms with van der Waals surface area (Å²) in [6.07, 6.45) is 1.96. The van der Waals surface area contributed by atoms with Crippen LogP contribution in [0.3, 0.4) is 0 Å². The molecule has 2 N–H and O–H groups in total. The molecule has 1 aliphatic heterocycles. The van der Waals surface area contributed by atoms with E-state index in [1.165, 1.54) is 0 Å². The molecule has 2 rings (SSSR count). The van der Waals surface area contributed by atoms with E-state index in [0.29, 0.717) is 0 Å². The zero-order valence-corrected chi connectivity index (χ0v) is 11.2. The van der Waals surface area contributed by atoms with Gasteiger partial charge in [-0.2, -0.15) is 5.10 Å². The predicted molar refractivity (Wildman–Crippen MR) is 68.8 cm³/mol. The quantitative estimate of drug-likeness (QED) is 0.828. The number of amides is 1. The number of carbonyl (C=O) groups is 1. The highest BCUT2D eigenvalue weighted by molar-refractivity contribution is 7.99. The Bertz CT molecular complexity index is 412. The van der Waals surface area contributed by atoms with Crippen molar-refractivity contribution in [3.8, 4) is 0 Å². The smallest absolute Gasteiger partial charge is 0.238 e. The third-order valence-electron chi connectivity index (χ3n) is 2.91. The van der Waals surface area contributed by atoms with Crippen molar-refractivity contribution in [2.45, 2.75) is 25.9 Å². The summed E-state index contributed by atoms with van der Waals surface area (Å²) in [6.45, 7) is 3.95. The number of hydrogen-bond donors (Lipinski definition) is 2. The van der Waals surface area contributed by atoms with E-state index in [2.05, 4.69) is 15.7 Å². The number of hydrogen-bond acceptors (Lipinski definition) is 4. The van der Waals surface area contributed by atoms with Gasteiger partial charge in [0.25, 0.3) is 0 Å². The van der Waals surface area contributed by atoms with Gasteiger partial charge in [-0.25, -0.2) is 0 Å². The topological polar surface area (TPSA) is 59.0 Å². The van der Waals surface area contributed by atoms with Gasteiger partial charge < -0.3 is 5.32 Å². The lowest BCUT2D eigenvalue weighted by Crippen LogP contribution is -2.42. The van der Waals surface area contributed by atoms with Gasteiger partial charge in [-0.15, -0.1) is 11.8 Å². The lowest BCUT2D eigenvalue weighted by atomic mass is 10.1. The molecular formula is C11H18N4OS. The van der Waals surface area contributed by atoms with E-state index in [9.17, 15) is 4.79 Å². The number of aryl methyl sites for hydroxylation is 2. The summed E-state index contributed by atoms with van der Waals surface area (Å²) >= 11 is 1.75. The normalized spacial score (nSPS) is 21.5. The molecular weight excluding hydrogens is 236 g/mol. The molecule has 1 saturated heterocycles.